The Hall–Kier alpha value is -1.32. The van der Waals surface area contributed by atoms with Gasteiger partial charge in [0.25, 0.3) is 0 Å². The van der Waals surface area contributed by atoms with Crippen LogP contribution < -0.4 is 5.32 Å². The molecular weight excluding hydrogens is 408 g/mol. The number of carbonyl (C=O) groups excluding carboxylic acids is 2. The molecule has 33 heavy (non-hydrogen) atoms. The van der Waals surface area contributed by atoms with Crippen molar-refractivity contribution in [3.63, 3.8) is 0 Å². The van der Waals surface area contributed by atoms with Crippen molar-refractivity contribution in [1.29, 1.82) is 0 Å². The predicted molar refractivity (Wildman–Crippen MR) is 134 cm³/mol. The van der Waals surface area contributed by atoms with Gasteiger partial charge < -0.3 is 10.2 Å². The van der Waals surface area contributed by atoms with Crippen molar-refractivity contribution in [3.05, 3.63) is 12.2 Å². The molecule has 0 spiro atoms. The number of hydrogen-bond acceptors (Lipinski definition) is 2. The van der Waals surface area contributed by atoms with Gasteiger partial charge in [0.15, 0.2) is 0 Å². The zero-order chi connectivity index (χ0) is 24.6. The summed E-state index contributed by atoms with van der Waals surface area (Å²) >= 11 is 0. The summed E-state index contributed by atoms with van der Waals surface area (Å²) < 4.78 is 0. The summed E-state index contributed by atoms with van der Waals surface area (Å²) in [5.74, 6) is 2.80. The van der Waals surface area contributed by atoms with Gasteiger partial charge in [-0.2, -0.15) is 0 Å². The largest absolute Gasteiger partial charge is 0.351 e. The molecular formula is C29H48N2O2. The Balaban J connectivity index is 1.57. The van der Waals surface area contributed by atoms with Gasteiger partial charge in [0.2, 0.25) is 11.8 Å². The van der Waals surface area contributed by atoms with Gasteiger partial charge in [-0.15, -0.1) is 0 Å². The van der Waals surface area contributed by atoms with Crippen LogP contribution in [0.3, 0.4) is 0 Å². The van der Waals surface area contributed by atoms with E-state index >= 15 is 0 Å². The highest BCUT2D eigenvalue weighted by molar-refractivity contribution is 5.89. The zero-order valence-electron chi connectivity index (χ0n) is 22.6. The Morgan fingerprint density at radius 1 is 1.12 bits per heavy atom. The van der Waals surface area contributed by atoms with Crippen LogP contribution in [0, 0.1) is 45.8 Å². The van der Waals surface area contributed by atoms with Crippen LogP contribution in [0.2, 0.25) is 0 Å². The number of amides is 2. The van der Waals surface area contributed by atoms with Crippen molar-refractivity contribution in [1.82, 2.24) is 10.2 Å². The van der Waals surface area contributed by atoms with E-state index in [1.807, 2.05) is 18.0 Å². The number of hydrogen-bond donors (Lipinski definition) is 1. The summed E-state index contributed by atoms with van der Waals surface area (Å²) in [7, 11) is 1.99. The predicted octanol–water partition coefficient (Wildman–Crippen LogP) is 5.82. The van der Waals surface area contributed by atoms with Crippen LogP contribution in [-0.2, 0) is 9.59 Å². The second-order valence-corrected chi connectivity index (χ2v) is 14.5. The molecule has 0 aromatic rings. The van der Waals surface area contributed by atoms with Gasteiger partial charge in [0.1, 0.15) is 0 Å². The SMILES string of the molecule is CC1C[C@H]2[C@@H]3CCC4N(C)C(=O)C=C[C@]4(C)[C@@H]3CC[C@]2(C)C1C(=O)NC(C)(C)CC(C)(C)C. The van der Waals surface area contributed by atoms with Crippen molar-refractivity contribution >= 4 is 11.8 Å². The van der Waals surface area contributed by atoms with E-state index in [0.29, 0.717) is 29.7 Å². The Morgan fingerprint density at radius 3 is 2.42 bits per heavy atom. The van der Waals surface area contributed by atoms with E-state index in [2.05, 4.69) is 66.8 Å². The van der Waals surface area contributed by atoms with Gasteiger partial charge in [-0.25, -0.2) is 0 Å². The van der Waals surface area contributed by atoms with E-state index < -0.39 is 0 Å². The van der Waals surface area contributed by atoms with E-state index in [1.54, 1.807) is 0 Å². The lowest BCUT2D eigenvalue weighted by Crippen LogP contribution is -2.60. The van der Waals surface area contributed by atoms with Crippen molar-refractivity contribution in [2.24, 2.45) is 45.8 Å². The van der Waals surface area contributed by atoms with Gasteiger partial charge in [0, 0.05) is 30.0 Å². The standard InChI is InChI=1S/C29H48N2O2/c1-18-16-21-19-10-11-22-28(7,15-13-23(32)31(22)9)20(19)12-14-29(21,8)24(18)25(33)30-27(5,6)17-26(2,3)4/h13,15,18-22,24H,10-12,14,16-17H2,1-9H3,(H,30,33)/t18?,19-,20-,21+,22?,24?,28-,29+/m1/s1. The molecule has 4 aliphatic rings. The van der Waals surface area contributed by atoms with E-state index in [1.165, 1.54) is 12.8 Å². The third-order valence-corrected chi connectivity index (χ3v) is 10.2. The fourth-order valence-electron chi connectivity index (χ4n) is 9.44. The first-order valence-corrected chi connectivity index (χ1v) is 13.4. The topological polar surface area (TPSA) is 49.4 Å². The first-order chi connectivity index (χ1) is 15.1. The lowest BCUT2D eigenvalue weighted by Gasteiger charge is -2.60. The third-order valence-electron chi connectivity index (χ3n) is 10.2. The molecule has 3 aliphatic carbocycles. The van der Waals surface area contributed by atoms with Gasteiger partial charge in [-0.3, -0.25) is 9.59 Å². The fourth-order valence-corrected chi connectivity index (χ4v) is 9.44. The molecule has 2 amide bonds. The minimum absolute atomic E-state index is 0.0607. The van der Waals surface area contributed by atoms with Crippen LogP contribution >= 0.6 is 0 Å². The van der Waals surface area contributed by atoms with E-state index in [0.717, 1.165) is 25.7 Å². The number of fused-ring (bicyclic) bond motifs is 5. The van der Waals surface area contributed by atoms with E-state index in [-0.39, 0.29) is 39.5 Å². The molecule has 3 unspecified atom stereocenters. The first-order valence-electron chi connectivity index (χ1n) is 13.4. The van der Waals surface area contributed by atoms with Crippen LogP contribution in [0.4, 0.5) is 0 Å². The summed E-state index contributed by atoms with van der Waals surface area (Å²) in [4.78, 5) is 28.1. The average molecular weight is 457 g/mol. The Morgan fingerprint density at radius 2 is 1.79 bits per heavy atom. The molecule has 0 bridgehead atoms. The van der Waals surface area contributed by atoms with Crippen LogP contribution in [-0.4, -0.2) is 35.3 Å². The summed E-state index contributed by atoms with van der Waals surface area (Å²) in [5, 5.41) is 3.48. The second-order valence-electron chi connectivity index (χ2n) is 14.5. The minimum Gasteiger partial charge on any atom is -0.351 e. The van der Waals surface area contributed by atoms with Gasteiger partial charge >= 0.3 is 0 Å². The summed E-state index contributed by atoms with van der Waals surface area (Å²) in [6, 6.07) is 0.316. The molecule has 1 N–H and O–H groups in total. The number of likely N-dealkylation sites (N-methyl/N-ethyl adjacent to an activating group) is 1. The quantitative estimate of drug-likeness (QED) is 0.582. The molecule has 4 rings (SSSR count). The molecule has 0 saturated heterocycles. The van der Waals surface area contributed by atoms with Crippen molar-refractivity contribution in [2.45, 2.75) is 105 Å². The molecule has 4 nitrogen and oxygen atoms in total. The summed E-state index contributed by atoms with van der Waals surface area (Å²) in [5.41, 5.74) is 0.117. The molecule has 1 heterocycles. The van der Waals surface area contributed by atoms with Crippen LogP contribution in [0.1, 0.15) is 93.9 Å². The molecule has 3 fully saturated rings. The van der Waals surface area contributed by atoms with Crippen LogP contribution in [0.25, 0.3) is 0 Å². The third kappa shape index (κ3) is 4.08. The van der Waals surface area contributed by atoms with Crippen LogP contribution in [0.5, 0.6) is 0 Å². The number of nitrogens with zero attached hydrogens (tertiary/aromatic N) is 1. The normalized spacial score (nSPS) is 43.1. The zero-order valence-corrected chi connectivity index (χ0v) is 22.6. The number of rotatable bonds is 3. The highest BCUT2D eigenvalue weighted by Gasteiger charge is 2.63. The van der Waals surface area contributed by atoms with Crippen LogP contribution in [0.15, 0.2) is 12.2 Å². The highest BCUT2D eigenvalue weighted by Crippen LogP contribution is 2.66. The molecule has 8 atom stereocenters. The summed E-state index contributed by atoms with van der Waals surface area (Å²) in [6.07, 6.45) is 10.8. The molecule has 0 aromatic carbocycles. The van der Waals surface area contributed by atoms with Gasteiger partial charge in [-0.1, -0.05) is 47.6 Å². The first kappa shape index (κ1) is 24.8. The number of carbonyl (C=O) groups is 2. The van der Waals surface area contributed by atoms with Crippen molar-refractivity contribution in [3.8, 4) is 0 Å². The molecule has 186 valence electrons. The average Bonchev–Trinajstić information content (AvgIpc) is 2.93. The van der Waals surface area contributed by atoms with E-state index in [4.69, 9.17) is 0 Å². The molecule has 0 radical (unpaired) electrons. The summed E-state index contributed by atoms with van der Waals surface area (Å²) in [6.45, 7) is 18.3. The monoisotopic (exact) mass is 456 g/mol. The van der Waals surface area contributed by atoms with Gasteiger partial charge in [0.05, 0.1) is 0 Å². The fraction of sp³-hybridized carbons (Fsp3) is 0.862. The maximum Gasteiger partial charge on any atom is 0.246 e. The minimum atomic E-state index is -0.198. The number of nitrogens with one attached hydrogen (secondary N) is 1. The smallest absolute Gasteiger partial charge is 0.246 e. The Labute approximate surface area is 202 Å². The van der Waals surface area contributed by atoms with Gasteiger partial charge in [-0.05, 0) is 93.0 Å². The lowest BCUT2D eigenvalue weighted by atomic mass is 9.47. The van der Waals surface area contributed by atoms with Crippen molar-refractivity contribution in [2.75, 3.05) is 7.05 Å². The maximum atomic E-state index is 13.8. The Bertz CT molecular complexity index is 839. The lowest BCUT2D eigenvalue weighted by molar-refractivity contribution is -0.143. The van der Waals surface area contributed by atoms with Crippen molar-refractivity contribution < 1.29 is 9.59 Å². The Kier molecular flexibility index (Phi) is 5.90. The molecule has 4 heteroatoms. The second kappa shape index (κ2) is 7.85. The maximum absolute atomic E-state index is 13.8. The molecule has 1 aliphatic heterocycles. The molecule has 3 saturated carbocycles. The van der Waals surface area contributed by atoms with E-state index in [9.17, 15) is 9.59 Å². The molecule has 0 aromatic heterocycles. The highest BCUT2D eigenvalue weighted by atomic mass is 16.2.